The molecule has 2 rings (SSSR count). The standard InChI is InChI=1S/C14H14BrNO6S/c1-4-10(17)12-7-5-8(15)9(16(2)23(3,20)21)6-11(7)22-13(12)14(18)19/h5-6H,4H2,1-3H3,(H,18,19). The number of anilines is 1. The molecule has 0 atom stereocenters. The number of carboxylic acids is 1. The Balaban J connectivity index is 2.81. The summed E-state index contributed by atoms with van der Waals surface area (Å²) in [7, 11) is -2.15. The quantitative estimate of drug-likeness (QED) is 0.769. The lowest BCUT2D eigenvalue weighted by Crippen LogP contribution is -2.25. The van der Waals surface area contributed by atoms with Crippen molar-refractivity contribution in [2.24, 2.45) is 0 Å². The summed E-state index contributed by atoms with van der Waals surface area (Å²) < 4.78 is 30.1. The van der Waals surface area contributed by atoms with E-state index in [1.165, 1.54) is 19.2 Å². The number of carbonyl (C=O) groups excluding carboxylic acids is 1. The molecule has 1 N–H and O–H groups in total. The fraction of sp³-hybridized carbons (Fsp3) is 0.286. The number of halogens is 1. The van der Waals surface area contributed by atoms with Gasteiger partial charge in [0.15, 0.2) is 5.78 Å². The van der Waals surface area contributed by atoms with Crippen LogP contribution in [0.1, 0.15) is 34.3 Å². The van der Waals surface area contributed by atoms with E-state index in [1.54, 1.807) is 6.92 Å². The highest BCUT2D eigenvalue weighted by atomic mass is 79.9. The van der Waals surface area contributed by atoms with E-state index in [0.29, 0.717) is 9.86 Å². The van der Waals surface area contributed by atoms with Crippen molar-refractivity contribution in [1.82, 2.24) is 0 Å². The molecule has 0 unspecified atom stereocenters. The fourth-order valence-electron chi connectivity index (χ4n) is 2.13. The molecule has 0 aliphatic carbocycles. The first-order valence-corrected chi connectivity index (χ1v) is 9.18. The number of sulfonamides is 1. The summed E-state index contributed by atoms with van der Waals surface area (Å²) in [5, 5.41) is 9.55. The van der Waals surface area contributed by atoms with Gasteiger partial charge in [-0.05, 0) is 22.0 Å². The maximum Gasteiger partial charge on any atom is 0.372 e. The molecule has 0 radical (unpaired) electrons. The predicted molar refractivity (Wildman–Crippen MR) is 88.7 cm³/mol. The third-order valence-electron chi connectivity index (χ3n) is 3.39. The monoisotopic (exact) mass is 403 g/mol. The van der Waals surface area contributed by atoms with E-state index in [0.717, 1.165) is 10.6 Å². The molecule has 0 amide bonds. The average Bonchev–Trinajstić information content (AvgIpc) is 2.82. The number of hydrogen-bond acceptors (Lipinski definition) is 5. The Morgan fingerprint density at radius 3 is 2.43 bits per heavy atom. The molecule has 0 spiro atoms. The number of nitrogens with zero attached hydrogens (tertiary/aromatic N) is 1. The highest BCUT2D eigenvalue weighted by Gasteiger charge is 2.26. The van der Waals surface area contributed by atoms with Crippen molar-refractivity contribution in [3.8, 4) is 0 Å². The Morgan fingerprint density at radius 2 is 1.96 bits per heavy atom. The number of Topliss-reactive ketones (excluding diaryl/α,β-unsaturated/α-hetero) is 1. The minimum Gasteiger partial charge on any atom is -0.475 e. The fourth-order valence-corrected chi connectivity index (χ4v) is 3.37. The summed E-state index contributed by atoms with van der Waals surface area (Å²) in [6.07, 6.45) is 1.16. The zero-order valence-electron chi connectivity index (χ0n) is 12.6. The lowest BCUT2D eigenvalue weighted by molar-refractivity contribution is 0.0659. The van der Waals surface area contributed by atoms with Gasteiger partial charge < -0.3 is 9.52 Å². The maximum absolute atomic E-state index is 12.1. The van der Waals surface area contributed by atoms with E-state index >= 15 is 0 Å². The summed E-state index contributed by atoms with van der Waals surface area (Å²) >= 11 is 3.26. The molecule has 1 heterocycles. The van der Waals surface area contributed by atoms with E-state index in [-0.39, 0.29) is 29.0 Å². The van der Waals surface area contributed by atoms with E-state index in [1.807, 2.05) is 0 Å². The number of benzene rings is 1. The van der Waals surface area contributed by atoms with Crippen LogP contribution in [-0.2, 0) is 10.0 Å². The molecule has 0 saturated carbocycles. The van der Waals surface area contributed by atoms with Crippen LogP contribution in [0.2, 0.25) is 0 Å². The molecule has 7 nitrogen and oxygen atoms in total. The summed E-state index contributed by atoms with van der Waals surface area (Å²) in [6.45, 7) is 1.62. The van der Waals surface area contributed by atoms with Crippen LogP contribution in [-0.4, -0.2) is 38.6 Å². The van der Waals surface area contributed by atoms with E-state index in [4.69, 9.17) is 4.42 Å². The highest BCUT2D eigenvalue weighted by molar-refractivity contribution is 9.10. The van der Waals surface area contributed by atoms with Gasteiger partial charge in [-0.25, -0.2) is 13.2 Å². The van der Waals surface area contributed by atoms with Crippen molar-refractivity contribution < 1.29 is 27.5 Å². The van der Waals surface area contributed by atoms with Gasteiger partial charge in [-0.15, -0.1) is 0 Å². The topological polar surface area (TPSA) is 105 Å². The Bertz CT molecular complexity index is 915. The normalized spacial score (nSPS) is 11.7. The SMILES string of the molecule is CCC(=O)c1c(C(=O)O)oc2cc(N(C)S(C)(=O)=O)c(Br)cc12. The molecule has 9 heteroatoms. The lowest BCUT2D eigenvalue weighted by Gasteiger charge is -2.18. The number of furan rings is 1. The van der Waals surface area contributed by atoms with Crippen molar-refractivity contribution in [1.29, 1.82) is 0 Å². The van der Waals surface area contributed by atoms with Gasteiger partial charge in [0.25, 0.3) is 0 Å². The summed E-state index contributed by atoms with van der Waals surface area (Å²) in [5.41, 5.74) is 0.401. The number of hydrogen-bond donors (Lipinski definition) is 1. The molecule has 0 bridgehead atoms. The molecule has 1 aromatic heterocycles. The molecule has 0 saturated heterocycles. The second-order valence-electron chi connectivity index (χ2n) is 4.92. The molecule has 0 aliphatic heterocycles. The Hall–Kier alpha value is -1.87. The number of carboxylic acid groups (broad SMARTS) is 1. The molecular formula is C14H14BrNO6S. The highest BCUT2D eigenvalue weighted by Crippen LogP contribution is 2.36. The largest absolute Gasteiger partial charge is 0.475 e. The predicted octanol–water partition coefficient (Wildman–Crippen LogP) is 2.88. The number of carbonyl (C=O) groups is 2. The van der Waals surface area contributed by atoms with Gasteiger partial charge >= 0.3 is 5.97 Å². The zero-order chi connectivity index (χ0) is 17.5. The van der Waals surface area contributed by atoms with Gasteiger partial charge in [-0.3, -0.25) is 9.10 Å². The van der Waals surface area contributed by atoms with Crippen LogP contribution in [0.3, 0.4) is 0 Å². The summed E-state index contributed by atoms with van der Waals surface area (Å²) in [6, 6.07) is 2.88. The third kappa shape index (κ3) is 3.11. The second kappa shape index (κ2) is 5.97. The number of ketones is 1. The second-order valence-corrected chi connectivity index (χ2v) is 7.79. The van der Waals surface area contributed by atoms with Crippen molar-refractivity contribution in [2.75, 3.05) is 17.6 Å². The van der Waals surface area contributed by atoms with Gasteiger partial charge in [0.2, 0.25) is 15.8 Å². The summed E-state index contributed by atoms with van der Waals surface area (Å²) in [5.74, 6) is -2.16. The average molecular weight is 404 g/mol. The Morgan fingerprint density at radius 1 is 1.35 bits per heavy atom. The van der Waals surface area contributed by atoms with E-state index in [2.05, 4.69) is 15.9 Å². The number of fused-ring (bicyclic) bond motifs is 1. The van der Waals surface area contributed by atoms with Crippen LogP contribution >= 0.6 is 15.9 Å². The van der Waals surface area contributed by atoms with Gasteiger partial charge in [0.1, 0.15) is 5.58 Å². The number of aromatic carboxylic acids is 1. The first kappa shape index (κ1) is 17.5. The molecule has 0 aliphatic rings. The molecular weight excluding hydrogens is 390 g/mol. The van der Waals surface area contributed by atoms with Crippen LogP contribution < -0.4 is 4.31 Å². The molecule has 1 aromatic carbocycles. The molecule has 2 aromatic rings. The zero-order valence-corrected chi connectivity index (χ0v) is 15.0. The van der Waals surface area contributed by atoms with Gasteiger partial charge in [0, 0.05) is 29.4 Å². The first-order chi connectivity index (χ1) is 10.6. The van der Waals surface area contributed by atoms with Gasteiger partial charge in [0.05, 0.1) is 17.5 Å². The third-order valence-corrected chi connectivity index (χ3v) is 5.22. The van der Waals surface area contributed by atoms with Crippen LogP contribution in [0.4, 0.5) is 5.69 Å². The van der Waals surface area contributed by atoms with Crippen LogP contribution in [0.5, 0.6) is 0 Å². The Labute approximate surface area is 141 Å². The molecule has 23 heavy (non-hydrogen) atoms. The number of rotatable bonds is 5. The van der Waals surface area contributed by atoms with Crippen LogP contribution in [0, 0.1) is 0 Å². The minimum atomic E-state index is -3.51. The van der Waals surface area contributed by atoms with Crippen molar-refractivity contribution in [3.63, 3.8) is 0 Å². The minimum absolute atomic E-state index is 0.00995. The molecule has 124 valence electrons. The maximum atomic E-state index is 12.1. The van der Waals surface area contributed by atoms with Gasteiger partial charge in [-0.1, -0.05) is 6.92 Å². The first-order valence-electron chi connectivity index (χ1n) is 6.54. The van der Waals surface area contributed by atoms with Gasteiger partial charge in [-0.2, -0.15) is 0 Å². The smallest absolute Gasteiger partial charge is 0.372 e. The van der Waals surface area contributed by atoms with Crippen molar-refractivity contribution >= 4 is 54.4 Å². The molecule has 0 fully saturated rings. The Kier molecular flexibility index (Phi) is 4.54. The summed E-state index contributed by atoms with van der Waals surface area (Å²) in [4.78, 5) is 23.4. The van der Waals surface area contributed by atoms with Crippen molar-refractivity contribution in [2.45, 2.75) is 13.3 Å². The lowest BCUT2D eigenvalue weighted by atomic mass is 10.0. The van der Waals surface area contributed by atoms with Crippen LogP contribution in [0.25, 0.3) is 11.0 Å². The van der Waals surface area contributed by atoms with E-state index < -0.39 is 21.8 Å². The van der Waals surface area contributed by atoms with Crippen LogP contribution in [0.15, 0.2) is 21.0 Å². The van der Waals surface area contributed by atoms with Crippen molar-refractivity contribution in [3.05, 3.63) is 27.9 Å². The van der Waals surface area contributed by atoms with E-state index in [9.17, 15) is 23.1 Å².